The Morgan fingerprint density at radius 3 is 3.19 bits per heavy atom. The molecule has 0 aliphatic carbocycles. The molecular formula is C9H8ClN5S. The number of fused-ring (bicyclic) bond motifs is 1. The van der Waals surface area contributed by atoms with Gasteiger partial charge in [-0.05, 0) is 12.1 Å². The molecule has 0 saturated heterocycles. The molecule has 0 fully saturated rings. The molecule has 1 aromatic carbocycles. The summed E-state index contributed by atoms with van der Waals surface area (Å²) in [5.74, 6) is 0. The summed E-state index contributed by atoms with van der Waals surface area (Å²) in [5.41, 5.74) is 2.48. The number of hydrogen-bond acceptors (Lipinski definition) is 6. The summed E-state index contributed by atoms with van der Waals surface area (Å²) >= 11 is 7.33. The molecule has 2 N–H and O–H groups in total. The lowest BCUT2D eigenvalue weighted by Crippen LogP contribution is -2.33. The molecule has 0 bridgehead atoms. The Morgan fingerprint density at radius 1 is 1.44 bits per heavy atom. The maximum absolute atomic E-state index is 6.14. The van der Waals surface area contributed by atoms with Crippen molar-refractivity contribution in [3.63, 3.8) is 0 Å². The average Bonchev–Trinajstić information content (AvgIpc) is 2.92. The van der Waals surface area contributed by atoms with Crippen LogP contribution in [0.15, 0.2) is 17.1 Å². The zero-order valence-corrected chi connectivity index (χ0v) is 9.72. The van der Waals surface area contributed by atoms with Crippen LogP contribution in [-0.2, 0) is 0 Å². The van der Waals surface area contributed by atoms with Gasteiger partial charge in [0.25, 0.3) is 0 Å². The second kappa shape index (κ2) is 3.88. The summed E-state index contributed by atoms with van der Waals surface area (Å²) in [6, 6.07) is 3.69. The normalized spacial score (nSPS) is 18.9. The average molecular weight is 254 g/mol. The van der Waals surface area contributed by atoms with E-state index >= 15 is 0 Å². The number of anilines is 1. The van der Waals surface area contributed by atoms with Crippen molar-refractivity contribution in [1.82, 2.24) is 14.1 Å². The van der Waals surface area contributed by atoms with Crippen molar-refractivity contribution in [2.24, 2.45) is 4.99 Å². The van der Waals surface area contributed by atoms with Crippen molar-refractivity contribution in [3.05, 3.63) is 17.2 Å². The Kier molecular flexibility index (Phi) is 2.37. The van der Waals surface area contributed by atoms with Gasteiger partial charge in [0.2, 0.25) is 0 Å². The lowest BCUT2D eigenvalue weighted by Gasteiger charge is -2.14. The van der Waals surface area contributed by atoms with E-state index in [1.54, 1.807) is 6.34 Å². The monoisotopic (exact) mass is 253 g/mol. The van der Waals surface area contributed by atoms with Crippen molar-refractivity contribution in [3.8, 4) is 0 Å². The minimum Gasteiger partial charge on any atom is -0.361 e. The van der Waals surface area contributed by atoms with Crippen molar-refractivity contribution in [2.45, 2.75) is 6.17 Å². The molecule has 3 rings (SSSR count). The van der Waals surface area contributed by atoms with E-state index in [2.05, 4.69) is 24.4 Å². The topological polar surface area (TPSA) is 62.2 Å². The largest absolute Gasteiger partial charge is 0.361 e. The highest BCUT2D eigenvalue weighted by Gasteiger charge is 2.15. The van der Waals surface area contributed by atoms with Crippen LogP contribution < -0.4 is 10.6 Å². The third-order valence-corrected chi connectivity index (χ3v) is 3.21. The molecule has 1 aliphatic heterocycles. The van der Waals surface area contributed by atoms with Crippen LogP contribution in [0.3, 0.4) is 0 Å². The molecule has 1 aliphatic rings. The van der Waals surface area contributed by atoms with Crippen LogP contribution in [-0.4, -0.2) is 27.8 Å². The minimum absolute atomic E-state index is 0.0739. The van der Waals surface area contributed by atoms with Gasteiger partial charge in [0.05, 0.1) is 35.3 Å². The van der Waals surface area contributed by atoms with Crippen LogP contribution >= 0.6 is 23.3 Å². The highest BCUT2D eigenvalue weighted by molar-refractivity contribution is 7.00. The molecule has 7 heteroatoms. The number of aromatic nitrogens is 2. The third kappa shape index (κ3) is 1.60. The van der Waals surface area contributed by atoms with E-state index in [9.17, 15) is 0 Å². The van der Waals surface area contributed by atoms with Gasteiger partial charge in [0, 0.05) is 0 Å². The van der Waals surface area contributed by atoms with E-state index in [1.165, 1.54) is 11.7 Å². The first-order valence-corrected chi connectivity index (χ1v) is 5.87. The summed E-state index contributed by atoms with van der Waals surface area (Å²) in [7, 11) is 0. The van der Waals surface area contributed by atoms with Gasteiger partial charge in [-0.2, -0.15) is 8.75 Å². The summed E-state index contributed by atoms with van der Waals surface area (Å²) in [6.07, 6.45) is 1.76. The summed E-state index contributed by atoms with van der Waals surface area (Å²) < 4.78 is 8.41. The third-order valence-electron chi connectivity index (χ3n) is 2.35. The lowest BCUT2D eigenvalue weighted by molar-refractivity contribution is 0.746. The number of aliphatic imine (C=N–C) groups is 1. The molecule has 16 heavy (non-hydrogen) atoms. The van der Waals surface area contributed by atoms with E-state index in [1.807, 2.05) is 12.1 Å². The Hall–Kier alpha value is -1.40. The predicted molar refractivity (Wildman–Crippen MR) is 66.3 cm³/mol. The fourth-order valence-corrected chi connectivity index (χ4v) is 2.33. The number of benzene rings is 1. The van der Waals surface area contributed by atoms with Crippen LogP contribution in [0.25, 0.3) is 11.0 Å². The van der Waals surface area contributed by atoms with Crippen LogP contribution in [0.2, 0.25) is 5.02 Å². The lowest BCUT2D eigenvalue weighted by atomic mass is 10.2. The van der Waals surface area contributed by atoms with Crippen LogP contribution in [0.5, 0.6) is 0 Å². The minimum atomic E-state index is 0.0739. The SMILES string of the molecule is Clc1ccc2nsnc2c1NC1CN=CN1. The fourth-order valence-electron chi connectivity index (χ4n) is 1.58. The first kappa shape index (κ1) is 9.80. The molecule has 82 valence electrons. The van der Waals surface area contributed by atoms with E-state index < -0.39 is 0 Å². The van der Waals surface area contributed by atoms with Crippen molar-refractivity contribution < 1.29 is 0 Å². The zero-order chi connectivity index (χ0) is 11.0. The van der Waals surface area contributed by atoms with Gasteiger partial charge in [-0.3, -0.25) is 4.99 Å². The Balaban J connectivity index is 2.00. The molecule has 5 nitrogen and oxygen atoms in total. The maximum Gasteiger partial charge on any atom is 0.129 e. The quantitative estimate of drug-likeness (QED) is 0.856. The molecule has 0 saturated carbocycles. The number of rotatable bonds is 2. The highest BCUT2D eigenvalue weighted by Crippen LogP contribution is 2.30. The summed E-state index contributed by atoms with van der Waals surface area (Å²) in [5, 5.41) is 7.00. The Labute approximate surface area is 101 Å². The van der Waals surface area contributed by atoms with Crippen LogP contribution in [0.4, 0.5) is 5.69 Å². The smallest absolute Gasteiger partial charge is 0.129 e. The molecule has 0 spiro atoms. The van der Waals surface area contributed by atoms with E-state index in [0.29, 0.717) is 11.6 Å². The van der Waals surface area contributed by atoms with Gasteiger partial charge in [0.1, 0.15) is 17.2 Å². The van der Waals surface area contributed by atoms with Gasteiger partial charge < -0.3 is 10.6 Å². The van der Waals surface area contributed by atoms with Crippen molar-refractivity contribution >= 4 is 46.4 Å². The highest BCUT2D eigenvalue weighted by atomic mass is 35.5. The van der Waals surface area contributed by atoms with E-state index in [4.69, 9.17) is 11.6 Å². The summed E-state index contributed by atoms with van der Waals surface area (Å²) in [4.78, 5) is 4.08. The second-order valence-electron chi connectivity index (χ2n) is 3.41. The maximum atomic E-state index is 6.14. The summed E-state index contributed by atoms with van der Waals surface area (Å²) in [6.45, 7) is 0.685. The van der Waals surface area contributed by atoms with Crippen LogP contribution in [0, 0.1) is 0 Å². The molecule has 1 unspecified atom stereocenters. The van der Waals surface area contributed by atoms with Gasteiger partial charge >= 0.3 is 0 Å². The molecule has 0 radical (unpaired) electrons. The van der Waals surface area contributed by atoms with E-state index in [0.717, 1.165) is 16.7 Å². The molecule has 2 heterocycles. The number of halogens is 1. The molecule has 1 atom stereocenters. The van der Waals surface area contributed by atoms with Crippen LogP contribution in [0.1, 0.15) is 0 Å². The zero-order valence-electron chi connectivity index (χ0n) is 8.14. The van der Waals surface area contributed by atoms with Gasteiger partial charge in [-0.25, -0.2) is 0 Å². The van der Waals surface area contributed by atoms with Gasteiger partial charge in [0.15, 0.2) is 0 Å². The Bertz CT molecular complexity index is 544. The number of nitrogens with zero attached hydrogens (tertiary/aromatic N) is 3. The molecular weight excluding hydrogens is 246 g/mol. The first-order chi connectivity index (χ1) is 7.84. The van der Waals surface area contributed by atoms with E-state index in [-0.39, 0.29) is 6.17 Å². The first-order valence-electron chi connectivity index (χ1n) is 4.76. The Morgan fingerprint density at radius 2 is 2.38 bits per heavy atom. The standard InChI is InChI=1S/C9H8ClN5S/c10-5-1-2-6-9(15-16-14-6)8(5)13-7-3-11-4-12-7/h1-2,4,7,13H,3H2,(H,11,12). The molecule has 0 amide bonds. The van der Waals surface area contributed by atoms with Gasteiger partial charge in [-0.1, -0.05) is 11.6 Å². The molecule has 2 aromatic rings. The molecule has 1 aromatic heterocycles. The number of nitrogens with one attached hydrogen (secondary N) is 2. The van der Waals surface area contributed by atoms with Crippen molar-refractivity contribution in [1.29, 1.82) is 0 Å². The van der Waals surface area contributed by atoms with Gasteiger partial charge in [-0.15, -0.1) is 0 Å². The van der Waals surface area contributed by atoms with Crippen molar-refractivity contribution in [2.75, 3.05) is 11.9 Å². The second-order valence-corrected chi connectivity index (χ2v) is 4.35. The fraction of sp³-hybridized carbons (Fsp3) is 0.222. The number of hydrogen-bond donors (Lipinski definition) is 2. The predicted octanol–water partition coefficient (Wildman–Crippen LogP) is 1.71.